The molecule has 2 aromatic carbocycles. The Morgan fingerprint density at radius 3 is 2.32 bits per heavy atom. The maximum absolute atomic E-state index is 11.7. The first-order chi connectivity index (χ1) is 16.5. The van der Waals surface area contributed by atoms with Crippen molar-refractivity contribution in [2.75, 3.05) is 26.1 Å². The highest BCUT2D eigenvalue weighted by atomic mass is 32.1. The normalized spacial score (nSPS) is 10.9. The second-order valence-electron chi connectivity index (χ2n) is 7.91. The lowest BCUT2D eigenvalue weighted by atomic mass is 10.1. The third-order valence-electron chi connectivity index (χ3n) is 5.63. The van der Waals surface area contributed by atoms with E-state index in [9.17, 15) is 9.90 Å². The lowest BCUT2D eigenvalue weighted by Crippen LogP contribution is -2.09. The molecule has 0 atom stereocenters. The standard InChI is InChI=1S/C26H27N3O4S/c1-16-22-24(27-12-11-18-13-19(32-2)15-20(14-18)33-3)28-21(10-9-17-7-5-4-6-8-17)29-25(22)34-23(16)26(30)31/h4-8,13-15H,9-12H2,1-3H3,(H,30,31)(H,27,28,29). The molecule has 0 aliphatic carbocycles. The molecule has 0 aliphatic heterocycles. The molecule has 0 bridgehead atoms. The Morgan fingerprint density at radius 1 is 0.971 bits per heavy atom. The Hall–Kier alpha value is -3.65. The lowest BCUT2D eigenvalue weighted by Gasteiger charge is -2.11. The molecule has 2 aromatic heterocycles. The van der Waals surface area contributed by atoms with Crippen LogP contribution in [0, 0.1) is 6.92 Å². The number of carbonyl (C=O) groups is 1. The number of methoxy groups -OCH3 is 2. The largest absolute Gasteiger partial charge is 0.497 e. The van der Waals surface area contributed by atoms with E-state index in [0.29, 0.717) is 46.3 Å². The van der Waals surface area contributed by atoms with E-state index in [4.69, 9.17) is 19.4 Å². The van der Waals surface area contributed by atoms with Crippen molar-refractivity contribution in [1.82, 2.24) is 9.97 Å². The molecule has 2 N–H and O–H groups in total. The van der Waals surface area contributed by atoms with E-state index in [-0.39, 0.29) is 0 Å². The topological polar surface area (TPSA) is 93.6 Å². The number of thiophene rings is 1. The molecule has 4 aromatic rings. The molecule has 7 nitrogen and oxygen atoms in total. The minimum absolute atomic E-state index is 0.296. The molecular weight excluding hydrogens is 450 g/mol. The molecule has 176 valence electrons. The van der Waals surface area contributed by atoms with Gasteiger partial charge in [0.2, 0.25) is 0 Å². The van der Waals surface area contributed by atoms with Crippen LogP contribution in [0.2, 0.25) is 0 Å². The number of rotatable bonds is 10. The summed E-state index contributed by atoms with van der Waals surface area (Å²) in [4.78, 5) is 22.2. The van der Waals surface area contributed by atoms with Gasteiger partial charge in [-0.2, -0.15) is 0 Å². The highest BCUT2D eigenvalue weighted by molar-refractivity contribution is 7.20. The number of aromatic nitrogens is 2. The average Bonchev–Trinajstić information content (AvgIpc) is 3.19. The molecule has 0 fully saturated rings. The van der Waals surface area contributed by atoms with Gasteiger partial charge in [0.15, 0.2) is 0 Å². The van der Waals surface area contributed by atoms with Crippen LogP contribution in [0.1, 0.15) is 32.2 Å². The summed E-state index contributed by atoms with van der Waals surface area (Å²) in [6, 6.07) is 16.0. The number of aryl methyl sites for hydroxylation is 3. The fourth-order valence-corrected chi connectivity index (χ4v) is 4.90. The van der Waals surface area contributed by atoms with E-state index in [1.165, 1.54) is 16.9 Å². The van der Waals surface area contributed by atoms with Crippen LogP contribution in [-0.4, -0.2) is 41.8 Å². The van der Waals surface area contributed by atoms with Crippen LogP contribution in [0.15, 0.2) is 48.5 Å². The Kier molecular flexibility index (Phi) is 7.27. The molecular formula is C26H27N3O4S. The van der Waals surface area contributed by atoms with Crippen molar-refractivity contribution in [3.05, 3.63) is 75.9 Å². The fourth-order valence-electron chi connectivity index (χ4n) is 3.86. The number of anilines is 1. The molecule has 0 unspecified atom stereocenters. The number of carboxylic acid groups (broad SMARTS) is 1. The third kappa shape index (κ3) is 5.28. The summed E-state index contributed by atoms with van der Waals surface area (Å²) in [7, 11) is 3.26. The van der Waals surface area contributed by atoms with Crippen LogP contribution >= 0.6 is 11.3 Å². The third-order valence-corrected chi connectivity index (χ3v) is 6.80. The van der Waals surface area contributed by atoms with Gasteiger partial charge in [0.05, 0.1) is 19.6 Å². The first kappa shape index (κ1) is 23.5. The summed E-state index contributed by atoms with van der Waals surface area (Å²) in [5.74, 6) is 1.90. The molecule has 0 amide bonds. The van der Waals surface area contributed by atoms with E-state index < -0.39 is 5.97 Å². The van der Waals surface area contributed by atoms with Crippen molar-refractivity contribution in [2.45, 2.75) is 26.2 Å². The summed E-state index contributed by atoms with van der Waals surface area (Å²) >= 11 is 1.20. The average molecular weight is 478 g/mol. The maximum Gasteiger partial charge on any atom is 0.346 e. The number of nitrogens with zero attached hydrogens (tertiary/aromatic N) is 2. The molecule has 2 heterocycles. The highest BCUT2D eigenvalue weighted by Crippen LogP contribution is 2.34. The predicted octanol–water partition coefficient (Wildman–Crippen LogP) is 5.15. The Labute approximate surface area is 202 Å². The van der Waals surface area contributed by atoms with Gasteiger partial charge in [0, 0.05) is 19.0 Å². The zero-order valence-electron chi connectivity index (χ0n) is 19.4. The smallest absolute Gasteiger partial charge is 0.346 e. The number of nitrogens with one attached hydrogen (secondary N) is 1. The fraction of sp³-hybridized carbons (Fsp3) is 0.269. The molecule has 0 aliphatic rings. The van der Waals surface area contributed by atoms with Gasteiger partial charge in [0.25, 0.3) is 0 Å². The van der Waals surface area contributed by atoms with Crippen LogP contribution in [0.5, 0.6) is 11.5 Å². The van der Waals surface area contributed by atoms with E-state index in [1.807, 2.05) is 43.3 Å². The van der Waals surface area contributed by atoms with Crippen LogP contribution < -0.4 is 14.8 Å². The first-order valence-electron chi connectivity index (χ1n) is 11.0. The molecule has 8 heteroatoms. The minimum Gasteiger partial charge on any atom is -0.497 e. The minimum atomic E-state index is -0.944. The van der Waals surface area contributed by atoms with Gasteiger partial charge in [0.1, 0.15) is 32.8 Å². The summed E-state index contributed by atoms with van der Waals surface area (Å²) in [6.45, 7) is 2.42. The number of ether oxygens (including phenoxy) is 2. The van der Waals surface area contributed by atoms with Crippen molar-refractivity contribution in [3.63, 3.8) is 0 Å². The van der Waals surface area contributed by atoms with Crippen molar-refractivity contribution in [3.8, 4) is 11.5 Å². The van der Waals surface area contributed by atoms with Crippen molar-refractivity contribution in [1.29, 1.82) is 0 Å². The van der Waals surface area contributed by atoms with Gasteiger partial charge in [-0.15, -0.1) is 11.3 Å². The SMILES string of the molecule is COc1cc(CCNc2nc(CCc3ccccc3)nc3sc(C(=O)O)c(C)c23)cc(OC)c1. The number of fused-ring (bicyclic) bond motifs is 1. The molecule has 0 saturated heterocycles. The number of hydrogen-bond acceptors (Lipinski definition) is 7. The van der Waals surface area contributed by atoms with Crippen LogP contribution in [0.3, 0.4) is 0 Å². The van der Waals surface area contributed by atoms with E-state index in [0.717, 1.165) is 28.9 Å². The number of hydrogen-bond donors (Lipinski definition) is 2. The number of carboxylic acids is 1. The second-order valence-corrected chi connectivity index (χ2v) is 8.91. The van der Waals surface area contributed by atoms with Gasteiger partial charge in [-0.25, -0.2) is 14.8 Å². The van der Waals surface area contributed by atoms with Crippen LogP contribution in [0.4, 0.5) is 5.82 Å². The summed E-state index contributed by atoms with van der Waals surface area (Å²) in [5, 5.41) is 13.8. The van der Waals surface area contributed by atoms with E-state index in [2.05, 4.69) is 17.4 Å². The Bertz CT molecular complexity index is 1280. The van der Waals surface area contributed by atoms with E-state index >= 15 is 0 Å². The molecule has 0 spiro atoms. The number of aromatic carboxylic acids is 1. The van der Waals surface area contributed by atoms with Crippen LogP contribution in [0.25, 0.3) is 10.2 Å². The van der Waals surface area contributed by atoms with Gasteiger partial charge < -0.3 is 19.9 Å². The van der Waals surface area contributed by atoms with Gasteiger partial charge >= 0.3 is 5.97 Å². The van der Waals surface area contributed by atoms with Gasteiger partial charge in [-0.1, -0.05) is 30.3 Å². The zero-order chi connectivity index (χ0) is 24.1. The zero-order valence-corrected chi connectivity index (χ0v) is 20.2. The first-order valence-corrected chi connectivity index (χ1v) is 11.8. The van der Waals surface area contributed by atoms with Gasteiger partial charge in [-0.05, 0) is 48.6 Å². The summed E-state index contributed by atoms with van der Waals surface area (Å²) < 4.78 is 10.7. The molecule has 0 radical (unpaired) electrons. The van der Waals surface area contributed by atoms with Crippen molar-refractivity contribution in [2.24, 2.45) is 0 Å². The quantitative estimate of drug-likeness (QED) is 0.326. The summed E-state index contributed by atoms with van der Waals surface area (Å²) in [6.07, 6.45) is 2.19. The lowest BCUT2D eigenvalue weighted by molar-refractivity contribution is 0.0701. The van der Waals surface area contributed by atoms with Crippen LogP contribution in [-0.2, 0) is 19.3 Å². The van der Waals surface area contributed by atoms with Crippen molar-refractivity contribution >= 4 is 33.3 Å². The Morgan fingerprint density at radius 2 is 1.68 bits per heavy atom. The number of benzene rings is 2. The maximum atomic E-state index is 11.7. The monoisotopic (exact) mass is 477 g/mol. The molecule has 34 heavy (non-hydrogen) atoms. The molecule has 4 rings (SSSR count). The second kappa shape index (κ2) is 10.5. The van der Waals surface area contributed by atoms with Crippen molar-refractivity contribution < 1.29 is 19.4 Å². The molecule has 0 saturated carbocycles. The summed E-state index contributed by atoms with van der Waals surface area (Å²) in [5.41, 5.74) is 2.96. The highest BCUT2D eigenvalue weighted by Gasteiger charge is 2.20. The van der Waals surface area contributed by atoms with E-state index in [1.54, 1.807) is 14.2 Å². The predicted molar refractivity (Wildman–Crippen MR) is 135 cm³/mol. The van der Waals surface area contributed by atoms with Gasteiger partial charge in [-0.3, -0.25) is 0 Å². The Balaban J connectivity index is 1.59.